The molecule has 17 heavy (non-hydrogen) atoms. The topological polar surface area (TPSA) is 32.3 Å². The Morgan fingerprint density at radius 3 is 2.35 bits per heavy atom. The molecule has 0 radical (unpaired) electrons. The third-order valence-electron chi connectivity index (χ3n) is 4.52. The predicted molar refractivity (Wildman–Crippen MR) is 67.4 cm³/mol. The van der Waals surface area contributed by atoms with E-state index in [1.807, 2.05) is 0 Å². The molecule has 2 saturated carbocycles. The summed E-state index contributed by atoms with van der Waals surface area (Å²) in [6.45, 7) is 4.31. The lowest BCUT2D eigenvalue weighted by Crippen LogP contribution is -2.45. The molecule has 96 valence electrons. The van der Waals surface area contributed by atoms with Gasteiger partial charge in [-0.1, -0.05) is 13.3 Å². The van der Waals surface area contributed by atoms with Gasteiger partial charge in [0.15, 0.2) is 0 Å². The molecule has 1 aliphatic heterocycles. The Balaban J connectivity index is 1.74. The Kier molecular flexibility index (Phi) is 2.89. The number of nitrogens with one attached hydrogen (secondary N) is 1. The number of hydrogen-bond donors (Lipinski definition) is 1. The molecule has 0 aromatic heterocycles. The van der Waals surface area contributed by atoms with E-state index < -0.39 is 0 Å². The molecule has 3 aliphatic rings. The van der Waals surface area contributed by atoms with E-state index >= 15 is 0 Å². The van der Waals surface area contributed by atoms with Gasteiger partial charge in [-0.05, 0) is 50.9 Å². The Bertz CT molecular complexity index is 297. The molecule has 1 heterocycles. The van der Waals surface area contributed by atoms with Crippen molar-refractivity contribution >= 4 is 5.91 Å². The van der Waals surface area contributed by atoms with Gasteiger partial charge in [-0.15, -0.1) is 0 Å². The molecule has 3 rings (SSSR count). The number of hydrogen-bond acceptors (Lipinski definition) is 2. The summed E-state index contributed by atoms with van der Waals surface area (Å²) in [6, 6.07) is 0.654. The lowest BCUT2D eigenvalue weighted by Gasteiger charge is -2.31. The lowest BCUT2D eigenvalue weighted by molar-refractivity contribution is -0.133. The molecule has 0 spiro atoms. The average molecular weight is 236 g/mol. The smallest absolute Gasteiger partial charge is 0.241 e. The van der Waals surface area contributed by atoms with Gasteiger partial charge in [0.25, 0.3) is 0 Å². The second kappa shape index (κ2) is 4.27. The molecule has 0 aromatic rings. The van der Waals surface area contributed by atoms with Crippen molar-refractivity contribution in [3.05, 3.63) is 0 Å². The summed E-state index contributed by atoms with van der Waals surface area (Å²) in [6.07, 6.45) is 7.70. The maximum absolute atomic E-state index is 12.5. The van der Waals surface area contributed by atoms with Crippen LogP contribution in [0.4, 0.5) is 0 Å². The van der Waals surface area contributed by atoms with Crippen LogP contribution in [0, 0.1) is 11.8 Å². The molecule has 1 saturated heterocycles. The number of amides is 1. The summed E-state index contributed by atoms with van der Waals surface area (Å²) in [5.74, 6) is 2.01. The lowest BCUT2D eigenvalue weighted by atomic mass is 10.0. The highest BCUT2D eigenvalue weighted by Gasteiger charge is 2.50. The van der Waals surface area contributed by atoms with E-state index in [9.17, 15) is 4.79 Å². The monoisotopic (exact) mass is 236 g/mol. The Morgan fingerprint density at radius 1 is 1.29 bits per heavy atom. The second-order valence-corrected chi connectivity index (χ2v) is 6.09. The summed E-state index contributed by atoms with van der Waals surface area (Å²) in [5.41, 5.74) is 0. The SMILES string of the molecule is CCCC1NC(C)N(C(C2CC2)C2CC2)C1=O. The van der Waals surface area contributed by atoms with Crippen LogP contribution in [0.25, 0.3) is 0 Å². The van der Waals surface area contributed by atoms with Crippen LogP contribution < -0.4 is 5.32 Å². The summed E-state index contributed by atoms with van der Waals surface area (Å²) in [4.78, 5) is 14.7. The third kappa shape index (κ3) is 2.10. The zero-order valence-electron chi connectivity index (χ0n) is 11.0. The van der Waals surface area contributed by atoms with Gasteiger partial charge >= 0.3 is 0 Å². The zero-order valence-corrected chi connectivity index (χ0v) is 11.0. The van der Waals surface area contributed by atoms with Gasteiger partial charge in [0.05, 0.1) is 12.2 Å². The van der Waals surface area contributed by atoms with Gasteiger partial charge in [-0.3, -0.25) is 10.1 Å². The van der Waals surface area contributed by atoms with Crippen molar-refractivity contribution in [1.29, 1.82) is 0 Å². The molecule has 1 amide bonds. The maximum atomic E-state index is 12.5. The van der Waals surface area contributed by atoms with Gasteiger partial charge in [-0.25, -0.2) is 0 Å². The molecule has 2 aliphatic carbocycles. The van der Waals surface area contributed by atoms with Gasteiger partial charge in [0.1, 0.15) is 0 Å². The number of nitrogens with zero attached hydrogens (tertiary/aromatic N) is 1. The summed E-state index contributed by atoms with van der Waals surface area (Å²) in [7, 11) is 0. The van der Waals surface area contributed by atoms with Gasteiger partial charge in [0, 0.05) is 6.04 Å². The van der Waals surface area contributed by atoms with Crippen LogP contribution >= 0.6 is 0 Å². The highest BCUT2D eigenvalue weighted by Crippen LogP contribution is 2.48. The minimum Gasteiger partial charge on any atom is -0.323 e. The third-order valence-corrected chi connectivity index (χ3v) is 4.52. The molecule has 3 heteroatoms. The van der Waals surface area contributed by atoms with Crippen molar-refractivity contribution in [2.75, 3.05) is 0 Å². The minimum absolute atomic E-state index is 0.0926. The molecule has 3 nitrogen and oxygen atoms in total. The van der Waals surface area contributed by atoms with Gasteiger partial charge < -0.3 is 4.90 Å². The molecule has 3 fully saturated rings. The fraction of sp³-hybridized carbons (Fsp3) is 0.929. The van der Waals surface area contributed by atoms with E-state index in [-0.39, 0.29) is 12.2 Å². The van der Waals surface area contributed by atoms with Crippen molar-refractivity contribution in [2.24, 2.45) is 11.8 Å². The quantitative estimate of drug-likeness (QED) is 0.793. The molecule has 1 N–H and O–H groups in total. The van der Waals surface area contributed by atoms with Gasteiger partial charge in [-0.2, -0.15) is 0 Å². The highest BCUT2D eigenvalue weighted by atomic mass is 16.2. The van der Waals surface area contributed by atoms with Crippen molar-refractivity contribution in [3.8, 4) is 0 Å². The summed E-state index contributed by atoms with van der Waals surface area (Å²) >= 11 is 0. The van der Waals surface area contributed by atoms with E-state index in [1.54, 1.807) is 0 Å². The zero-order chi connectivity index (χ0) is 12.0. The minimum atomic E-state index is 0.0926. The fourth-order valence-corrected chi connectivity index (χ4v) is 3.43. The van der Waals surface area contributed by atoms with E-state index in [0.717, 1.165) is 24.7 Å². The second-order valence-electron chi connectivity index (χ2n) is 6.09. The van der Waals surface area contributed by atoms with Crippen LogP contribution in [0.2, 0.25) is 0 Å². The first kappa shape index (κ1) is 11.5. The molecule has 2 unspecified atom stereocenters. The van der Waals surface area contributed by atoms with Crippen molar-refractivity contribution in [1.82, 2.24) is 10.2 Å². The summed E-state index contributed by atoms with van der Waals surface area (Å²) < 4.78 is 0. The predicted octanol–water partition coefficient (Wildman–Crippen LogP) is 2.12. The molecule has 2 atom stereocenters. The maximum Gasteiger partial charge on any atom is 0.241 e. The van der Waals surface area contributed by atoms with E-state index in [1.165, 1.54) is 25.7 Å². The van der Waals surface area contributed by atoms with Crippen LogP contribution in [0.15, 0.2) is 0 Å². The van der Waals surface area contributed by atoms with Crippen molar-refractivity contribution in [3.63, 3.8) is 0 Å². The van der Waals surface area contributed by atoms with Crippen LogP contribution in [-0.4, -0.2) is 29.1 Å². The van der Waals surface area contributed by atoms with E-state index in [0.29, 0.717) is 11.9 Å². The van der Waals surface area contributed by atoms with Crippen LogP contribution in [0.5, 0.6) is 0 Å². The normalized spacial score (nSPS) is 33.8. The van der Waals surface area contributed by atoms with Crippen LogP contribution in [0.1, 0.15) is 52.4 Å². The standard InChI is InChI=1S/C14H24N2O/c1-3-4-12-14(17)16(9(2)15-12)13(10-5-6-10)11-7-8-11/h9-13,15H,3-8H2,1-2H3. The molecule has 0 aromatic carbocycles. The number of carbonyl (C=O) groups is 1. The largest absolute Gasteiger partial charge is 0.323 e. The van der Waals surface area contributed by atoms with E-state index in [2.05, 4.69) is 24.1 Å². The average Bonchev–Trinajstić information content (AvgIpc) is 3.14. The molecular weight excluding hydrogens is 212 g/mol. The molecular formula is C14H24N2O. The Labute approximate surface area is 104 Å². The van der Waals surface area contributed by atoms with Gasteiger partial charge in [0.2, 0.25) is 5.91 Å². The Morgan fingerprint density at radius 2 is 1.88 bits per heavy atom. The summed E-state index contributed by atoms with van der Waals surface area (Å²) in [5, 5.41) is 3.48. The van der Waals surface area contributed by atoms with Crippen molar-refractivity contribution in [2.45, 2.75) is 70.6 Å². The first-order chi connectivity index (χ1) is 8.22. The van der Waals surface area contributed by atoms with Crippen molar-refractivity contribution < 1.29 is 4.79 Å². The van der Waals surface area contributed by atoms with E-state index in [4.69, 9.17) is 0 Å². The Hall–Kier alpha value is -0.570. The van der Waals surface area contributed by atoms with Crippen LogP contribution in [0.3, 0.4) is 0 Å². The first-order valence-corrected chi connectivity index (χ1v) is 7.30. The molecule has 0 bridgehead atoms. The fourth-order valence-electron chi connectivity index (χ4n) is 3.43. The first-order valence-electron chi connectivity index (χ1n) is 7.30. The highest BCUT2D eigenvalue weighted by molar-refractivity contribution is 5.84. The number of carbonyl (C=O) groups excluding carboxylic acids is 1. The van der Waals surface area contributed by atoms with Crippen LogP contribution in [-0.2, 0) is 4.79 Å². The number of rotatable bonds is 5.